The number of benzene rings is 1. The van der Waals surface area contributed by atoms with E-state index < -0.39 is 11.7 Å². The van der Waals surface area contributed by atoms with E-state index in [0.29, 0.717) is 5.69 Å². The van der Waals surface area contributed by atoms with E-state index in [9.17, 15) is 13.2 Å². The van der Waals surface area contributed by atoms with Crippen LogP contribution in [0.4, 0.5) is 18.9 Å². The van der Waals surface area contributed by atoms with Crippen molar-refractivity contribution >= 4 is 5.69 Å². The number of nitrogen functional groups attached to an aromatic ring is 1. The first-order valence-electron chi connectivity index (χ1n) is 4.90. The number of hydrogen-bond donors (Lipinski definition) is 1. The first-order chi connectivity index (χ1) is 7.97. The highest BCUT2D eigenvalue weighted by Crippen LogP contribution is 2.28. The summed E-state index contributed by atoms with van der Waals surface area (Å²) >= 11 is 0. The summed E-state index contributed by atoms with van der Waals surface area (Å²) in [7, 11) is 0. The molecule has 1 heterocycles. The monoisotopic (exact) mass is 241 g/mol. The minimum absolute atomic E-state index is 0.225. The second-order valence-corrected chi connectivity index (χ2v) is 3.62. The van der Waals surface area contributed by atoms with Gasteiger partial charge in [0.1, 0.15) is 0 Å². The van der Waals surface area contributed by atoms with Gasteiger partial charge in [0.2, 0.25) is 0 Å². The molecule has 0 atom stereocenters. The number of rotatable bonds is 2. The van der Waals surface area contributed by atoms with Gasteiger partial charge in [0.25, 0.3) is 0 Å². The molecule has 0 aliphatic heterocycles. The van der Waals surface area contributed by atoms with E-state index >= 15 is 0 Å². The van der Waals surface area contributed by atoms with Gasteiger partial charge in [-0.15, -0.1) is 0 Å². The van der Waals surface area contributed by atoms with Crippen LogP contribution in [0.15, 0.2) is 36.7 Å². The van der Waals surface area contributed by atoms with Crippen LogP contribution in [0.1, 0.15) is 11.1 Å². The van der Waals surface area contributed by atoms with E-state index in [-0.39, 0.29) is 6.54 Å². The fraction of sp³-hybridized carbons (Fsp3) is 0.182. The number of nitrogens with two attached hydrogens (primary N) is 1. The first kappa shape index (κ1) is 11.5. The molecule has 6 heteroatoms. The molecule has 0 amide bonds. The molecule has 0 bridgehead atoms. The lowest BCUT2D eigenvalue weighted by atomic mass is 10.2. The van der Waals surface area contributed by atoms with E-state index in [4.69, 9.17) is 5.73 Å². The molecule has 2 N–H and O–H groups in total. The zero-order valence-corrected chi connectivity index (χ0v) is 8.78. The molecule has 17 heavy (non-hydrogen) atoms. The molecule has 0 unspecified atom stereocenters. The zero-order valence-electron chi connectivity index (χ0n) is 8.78. The summed E-state index contributed by atoms with van der Waals surface area (Å²) in [6.45, 7) is 0.225. The molecular formula is C11H10F3N3. The molecular weight excluding hydrogens is 231 g/mol. The Bertz CT molecular complexity index is 517. The summed E-state index contributed by atoms with van der Waals surface area (Å²) in [5.41, 5.74) is 6.22. The Morgan fingerprint density at radius 3 is 2.53 bits per heavy atom. The summed E-state index contributed by atoms with van der Waals surface area (Å²) in [5.74, 6) is 0. The predicted octanol–water partition coefficient (Wildman–Crippen LogP) is 2.53. The van der Waals surface area contributed by atoms with Crippen molar-refractivity contribution < 1.29 is 13.2 Å². The highest BCUT2D eigenvalue weighted by Gasteiger charge is 2.32. The molecule has 0 spiro atoms. The van der Waals surface area contributed by atoms with Crippen LogP contribution < -0.4 is 5.73 Å². The molecule has 2 aromatic rings. The van der Waals surface area contributed by atoms with Crippen molar-refractivity contribution in [3.05, 3.63) is 47.8 Å². The van der Waals surface area contributed by atoms with Crippen LogP contribution >= 0.6 is 0 Å². The van der Waals surface area contributed by atoms with E-state index in [1.54, 1.807) is 24.3 Å². The summed E-state index contributed by atoms with van der Waals surface area (Å²) in [6, 6.07) is 7.00. The fourth-order valence-electron chi connectivity index (χ4n) is 1.45. The highest BCUT2D eigenvalue weighted by molar-refractivity contribution is 5.46. The Labute approximate surface area is 95.7 Å². The maximum absolute atomic E-state index is 12.3. The van der Waals surface area contributed by atoms with Gasteiger partial charge >= 0.3 is 6.18 Å². The molecule has 3 nitrogen and oxygen atoms in total. The molecule has 0 saturated carbocycles. The lowest BCUT2D eigenvalue weighted by Gasteiger charge is -2.05. The fourth-order valence-corrected chi connectivity index (χ4v) is 1.45. The van der Waals surface area contributed by atoms with Crippen LogP contribution in [-0.4, -0.2) is 9.78 Å². The van der Waals surface area contributed by atoms with Crippen LogP contribution in [0.25, 0.3) is 0 Å². The number of para-hydroxylation sites is 1. The van der Waals surface area contributed by atoms with Crippen LogP contribution in [0.2, 0.25) is 0 Å². The van der Waals surface area contributed by atoms with Crippen molar-refractivity contribution in [3.8, 4) is 0 Å². The van der Waals surface area contributed by atoms with Crippen LogP contribution in [-0.2, 0) is 12.7 Å². The normalized spacial score (nSPS) is 11.7. The average Bonchev–Trinajstić information content (AvgIpc) is 2.69. The number of alkyl halides is 3. The maximum Gasteiger partial charge on any atom is 0.419 e. The number of anilines is 1. The molecule has 0 saturated heterocycles. The largest absolute Gasteiger partial charge is 0.419 e. The topological polar surface area (TPSA) is 43.8 Å². The first-order valence-corrected chi connectivity index (χ1v) is 4.90. The third-order valence-corrected chi connectivity index (χ3v) is 2.35. The van der Waals surface area contributed by atoms with Crippen molar-refractivity contribution in [3.63, 3.8) is 0 Å². The molecule has 0 aliphatic rings. The third-order valence-electron chi connectivity index (χ3n) is 2.35. The molecule has 2 rings (SSSR count). The Balaban J connectivity index is 2.21. The molecule has 90 valence electrons. The van der Waals surface area contributed by atoms with Gasteiger partial charge in [-0.2, -0.15) is 18.3 Å². The molecule has 1 aromatic heterocycles. The smallest absolute Gasteiger partial charge is 0.398 e. The Kier molecular flexibility index (Phi) is 2.79. The summed E-state index contributed by atoms with van der Waals surface area (Å²) < 4.78 is 38.2. The standard InChI is InChI=1S/C11H10F3N3/c12-11(13,14)9-5-16-17(7-9)6-8-3-1-2-4-10(8)15/h1-5,7H,6,15H2. The summed E-state index contributed by atoms with van der Waals surface area (Å²) in [5, 5.41) is 3.66. The van der Waals surface area contributed by atoms with E-state index in [2.05, 4.69) is 5.10 Å². The lowest BCUT2D eigenvalue weighted by Crippen LogP contribution is -2.05. The van der Waals surface area contributed by atoms with Gasteiger partial charge in [-0.25, -0.2) is 0 Å². The van der Waals surface area contributed by atoms with Crippen molar-refractivity contribution in [2.24, 2.45) is 0 Å². The minimum atomic E-state index is -4.36. The Morgan fingerprint density at radius 1 is 1.24 bits per heavy atom. The number of nitrogens with zero attached hydrogens (tertiary/aromatic N) is 2. The third kappa shape index (κ3) is 2.58. The van der Waals surface area contributed by atoms with Gasteiger partial charge in [-0.1, -0.05) is 18.2 Å². The van der Waals surface area contributed by atoms with E-state index in [0.717, 1.165) is 18.0 Å². The van der Waals surface area contributed by atoms with Gasteiger partial charge in [-0.05, 0) is 11.6 Å². The zero-order chi connectivity index (χ0) is 12.5. The van der Waals surface area contributed by atoms with Crippen molar-refractivity contribution in [1.82, 2.24) is 9.78 Å². The van der Waals surface area contributed by atoms with E-state index in [1.165, 1.54) is 4.68 Å². The Hall–Kier alpha value is -1.98. The van der Waals surface area contributed by atoms with Crippen molar-refractivity contribution in [1.29, 1.82) is 0 Å². The lowest BCUT2D eigenvalue weighted by molar-refractivity contribution is -0.137. The average molecular weight is 241 g/mol. The summed E-state index contributed by atoms with van der Waals surface area (Å²) in [6.07, 6.45) is -2.59. The van der Waals surface area contributed by atoms with Gasteiger partial charge in [0.15, 0.2) is 0 Å². The van der Waals surface area contributed by atoms with E-state index in [1.807, 2.05) is 0 Å². The Morgan fingerprint density at radius 2 is 1.94 bits per heavy atom. The number of aromatic nitrogens is 2. The maximum atomic E-state index is 12.3. The quantitative estimate of drug-likeness (QED) is 0.821. The minimum Gasteiger partial charge on any atom is -0.398 e. The molecule has 0 aliphatic carbocycles. The second kappa shape index (κ2) is 4.12. The highest BCUT2D eigenvalue weighted by atomic mass is 19.4. The summed E-state index contributed by atoms with van der Waals surface area (Å²) in [4.78, 5) is 0. The van der Waals surface area contributed by atoms with Crippen LogP contribution in [0.3, 0.4) is 0 Å². The van der Waals surface area contributed by atoms with Crippen LogP contribution in [0.5, 0.6) is 0 Å². The SMILES string of the molecule is Nc1ccccc1Cn1cc(C(F)(F)F)cn1. The number of halogens is 3. The molecule has 0 fully saturated rings. The van der Waals surface area contributed by atoms with Crippen molar-refractivity contribution in [2.45, 2.75) is 12.7 Å². The molecule has 1 aromatic carbocycles. The van der Waals surface area contributed by atoms with Crippen LogP contribution in [0, 0.1) is 0 Å². The van der Waals surface area contributed by atoms with Crippen molar-refractivity contribution in [2.75, 3.05) is 5.73 Å². The number of hydrogen-bond acceptors (Lipinski definition) is 2. The second-order valence-electron chi connectivity index (χ2n) is 3.62. The van der Waals surface area contributed by atoms with Gasteiger partial charge in [0.05, 0.1) is 18.3 Å². The molecule has 0 radical (unpaired) electrons. The predicted molar refractivity (Wildman–Crippen MR) is 57.2 cm³/mol. The van der Waals surface area contributed by atoms with Gasteiger partial charge in [0, 0.05) is 11.9 Å². The van der Waals surface area contributed by atoms with Gasteiger partial charge < -0.3 is 5.73 Å². The van der Waals surface area contributed by atoms with Gasteiger partial charge in [-0.3, -0.25) is 4.68 Å².